The molecule has 0 radical (unpaired) electrons. The van der Waals surface area contributed by atoms with Crippen LogP contribution in [-0.2, 0) is 0 Å². The second-order valence-electron chi connectivity index (χ2n) is 12.7. The van der Waals surface area contributed by atoms with Crippen molar-refractivity contribution in [1.29, 1.82) is 0 Å². The van der Waals surface area contributed by atoms with E-state index in [4.69, 9.17) is 2.74 Å². The predicted octanol–water partition coefficient (Wildman–Crippen LogP) is 14.3. The summed E-state index contributed by atoms with van der Waals surface area (Å²) < 4.78 is 36.6. The minimum atomic E-state index is -0.0759. The van der Waals surface area contributed by atoms with Crippen LogP contribution in [0.4, 0.5) is 34.1 Å². The number of para-hydroxylation sites is 3. The van der Waals surface area contributed by atoms with E-state index in [0.717, 1.165) is 55.7 Å². The van der Waals surface area contributed by atoms with Crippen molar-refractivity contribution in [3.8, 4) is 22.3 Å². The second kappa shape index (κ2) is 13.8. The quantitative estimate of drug-likeness (QED) is 0.149. The summed E-state index contributed by atoms with van der Waals surface area (Å²) in [5.41, 5.74) is 7.67. The number of hydrogen-bond donors (Lipinski definition) is 0. The zero-order valence-corrected chi connectivity index (χ0v) is 28.4. The Labute approximate surface area is 310 Å². The number of hydrogen-bond acceptors (Lipinski definition) is 2. The maximum absolute atomic E-state index is 9.17. The summed E-state index contributed by atoms with van der Waals surface area (Å²) in [6, 6.07) is 64.8. The Morgan fingerprint density at radius 2 is 0.615 bits per heavy atom. The van der Waals surface area contributed by atoms with E-state index in [1.807, 2.05) is 103 Å². The topological polar surface area (TPSA) is 6.48 Å². The molecule has 2 heteroatoms. The van der Waals surface area contributed by atoms with Crippen LogP contribution >= 0.6 is 0 Å². The summed E-state index contributed by atoms with van der Waals surface area (Å²) in [7, 11) is 0. The summed E-state index contributed by atoms with van der Waals surface area (Å²) in [6.45, 7) is 0. The lowest BCUT2D eigenvalue weighted by Gasteiger charge is -2.28. The van der Waals surface area contributed by atoms with Crippen molar-refractivity contribution in [2.45, 2.75) is 0 Å². The molecule has 246 valence electrons. The molecule has 9 aromatic carbocycles. The van der Waals surface area contributed by atoms with Gasteiger partial charge in [-0.25, -0.2) is 0 Å². The van der Waals surface area contributed by atoms with Crippen molar-refractivity contribution in [3.63, 3.8) is 0 Å². The third-order valence-corrected chi connectivity index (χ3v) is 9.46. The van der Waals surface area contributed by atoms with Gasteiger partial charge in [0.15, 0.2) is 0 Å². The van der Waals surface area contributed by atoms with Crippen molar-refractivity contribution in [2.24, 2.45) is 0 Å². The van der Waals surface area contributed by atoms with Crippen molar-refractivity contribution < 1.29 is 5.48 Å². The maximum Gasteiger partial charge on any atom is 0.0629 e. The average molecular weight is 669 g/mol. The van der Waals surface area contributed by atoms with Gasteiger partial charge >= 0.3 is 0 Å². The van der Waals surface area contributed by atoms with Crippen molar-refractivity contribution >= 4 is 55.7 Å². The van der Waals surface area contributed by atoms with Gasteiger partial charge in [0.25, 0.3) is 0 Å². The Hall–Kier alpha value is -6.90. The third-order valence-electron chi connectivity index (χ3n) is 9.46. The second-order valence-corrected chi connectivity index (χ2v) is 12.7. The van der Waals surface area contributed by atoms with Crippen LogP contribution in [0.5, 0.6) is 0 Å². The van der Waals surface area contributed by atoms with Crippen molar-refractivity contribution in [3.05, 3.63) is 218 Å². The fourth-order valence-corrected chi connectivity index (χ4v) is 6.97. The molecular formula is C50H36N2. The molecule has 0 aliphatic rings. The first kappa shape index (κ1) is 26.9. The Kier molecular flexibility index (Phi) is 7.13. The minimum Gasteiger partial charge on any atom is -0.311 e. The normalized spacial score (nSPS) is 12.2. The molecule has 0 N–H and O–H groups in total. The van der Waals surface area contributed by atoms with Gasteiger partial charge < -0.3 is 9.80 Å². The molecule has 0 spiro atoms. The highest BCUT2D eigenvalue weighted by molar-refractivity contribution is 6.14. The van der Waals surface area contributed by atoms with E-state index in [2.05, 4.69) is 101 Å². The molecule has 0 bridgehead atoms. The van der Waals surface area contributed by atoms with E-state index in [0.29, 0.717) is 11.1 Å². The summed E-state index contributed by atoms with van der Waals surface area (Å²) in [5, 5.41) is 4.52. The van der Waals surface area contributed by atoms with E-state index < -0.39 is 0 Å². The lowest BCUT2D eigenvalue weighted by molar-refractivity contribution is 1.28. The Morgan fingerprint density at radius 1 is 0.288 bits per heavy atom. The Morgan fingerprint density at radius 3 is 1.04 bits per heavy atom. The molecule has 0 amide bonds. The zero-order chi connectivity index (χ0) is 38.2. The summed E-state index contributed by atoms with van der Waals surface area (Å²) in [5.74, 6) is 0. The van der Waals surface area contributed by atoms with Crippen molar-refractivity contribution in [1.82, 2.24) is 0 Å². The largest absolute Gasteiger partial charge is 0.311 e. The summed E-state index contributed by atoms with van der Waals surface area (Å²) in [4.78, 5) is 4.40. The van der Waals surface area contributed by atoms with Crippen LogP contribution in [0.25, 0.3) is 43.8 Å². The lowest BCUT2D eigenvalue weighted by Crippen LogP contribution is -2.11. The van der Waals surface area contributed by atoms with Crippen LogP contribution in [0, 0.1) is 0 Å². The van der Waals surface area contributed by atoms with Gasteiger partial charge in [-0.15, -0.1) is 0 Å². The first-order valence-electron chi connectivity index (χ1n) is 19.4. The van der Waals surface area contributed by atoms with Crippen LogP contribution in [0.1, 0.15) is 5.48 Å². The van der Waals surface area contributed by atoms with Crippen LogP contribution in [0.3, 0.4) is 0 Å². The Balaban J connectivity index is 1.11. The van der Waals surface area contributed by atoms with E-state index in [9.17, 15) is 2.74 Å². The highest BCUT2D eigenvalue weighted by Gasteiger charge is 2.19. The number of fused-ring (bicyclic) bond motifs is 2. The molecule has 0 saturated heterocycles. The highest BCUT2D eigenvalue weighted by Crippen LogP contribution is 2.44. The van der Waals surface area contributed by atoms with E-state index in [1.54, 1.807) is 0 Å². The number of nitrogens with zero attached hydrogens (tertiary/aromatic N) is 2. The molecule has 0 fully saturated rings. The minimum absolute atomic E-state index is 0.0751. The SMILES string of the molecule is [2H]c1c([2H])c(-c2ccc(N(c3ccccc3)c3c4ccccc4cc4ccccc34)cc2)c([2H])c([2H])c1-c1ccc(N(c2ccccc2)c2ccccc2)cc1. The van der Waals surface area contributed by atoms with Gasteiger partial charge in [-0.3, -0.25) is 0 Å². The lowest BCUT2D eigenvalue weighted by atomic mass is 9.98. The standard InChI is InChI=1S/C50H36N2/c1-4-16-43(17-5-1)51(44-18-6-2-7-19-44)46-32-28-39(29-33-46)37-24-26-38(27-25-37)40-30-34-47(35-31-40)52(45-20-8-3-9-21-45)50-48-22-12-10-14-41(48)36-42-15-11-13-23-49(42)50/h1-36H/i24D,25D,26D,27D. The molecule has 0 aliphatic carbocycles. The van der Waals surface area contributed by atoms with Gasteiger partial charge in [0.2, 0.25) is 0 Å². The van der Waals surface area contributed by atoms with Gasteiger partial charge in [0.05, 0.1) is 11.2 Å². The first-order valence-corrected chi connectivity index (χ1v) is 17.4. The van der Waals surface area contributed by atoms with E-state index in [-0.39, 0.29) is 35.3 Å². The summed E-state index contributed by atoms with van der Waals surface area (Å²) >= 11 is 0. The molecule has 0 heterocycles. The molecule has 0 saturated carbocycles. The van der Waals surface area contributed by atoms with Crippen LogP contribution in [0.15, 0.2) is 218 Å². The van der Waals surface area contributed by atoms with Crippen LogP contribution < -0.4 is 9.80 Å². The van der Waals surface area contributed by atoms with Crippen LogP contribution in [0.2, 0.25) is 0 Å². The van der Waals surface area contributed by atoms with Gasteiger partial charge in [-0.2, -0.15) is 0 Å². The first-order chi connectivity index (χ1) is 27.5. The average Bonchev–Trinajstić information content (AvgIpc) is 3.25. The molecule has 0 aliphatic heterocycles. The predicted molar refractivity (Wildman–Crippen MR) is 222 cm³/mol. The van der Waals surface area contributed by atoms with Gasteiger partial charge in [0.1, 0.15) is 0 Å². The van der Waals surface area contributed by atoms with Gasteiger partial charge in [-0.1, -0.05) is 152 Å². The smallest absolute Gasteiger partial charge is 0.0629 e. The van der Waals surface area contributed by atoms with Gasteiger partial charge in [0, 0.05) is 39.2 Å². The molecule has 0 aromatic heterocycles. The van der Waals surface area contributed by atoms with E-state index >= 15 is 0 Å². The molecular weight excluding hydrogens is 629 g/mol. The molecule has 52 heavy (non-hydrogen) atoms. The van der Waals surface area contributed by atoms with Gasteiger partial charge in [-0.05, 0) is 99.8 Å². The molecule has 0 atom stereocenters. The van der Waals surface area contributed by atoms with Crippen LogP contribution in [-0.4, -0.2) is 0 Å². The third kappa shape index (κ3) is 5.97. The number of anilines is 6. The number of rotatable bonds is 8. The summed E-state index contributed by atoms with van der Waals surface area (Å²) in [6.07, 6.45) is 0. The monoisotopic (exact) mass is 668 g/mol. The molecule has 0 unspecified atom stereocenters. The Bertz CT molecular complexity index is 2700. The van der Waals surface area contributed by atoms with Crippen molar-refractivity contribution in [2.75, 3.05) is 9.80 Å². The fourth-order valence-electron chi connectivity index (χ4n) is 6.97. The number of benzene rings is 9. The molecule has 9 rings (SSSR count). The molecule has 9 aromatic rings. The molecule has 2 nitrogen and oxygen atoms in total. The fraction of sp³-hybridized carbons (Fsp3) is 0. The zero-order valence-electron chi connectivity index (χ0n) is 32.4. The highest BCUT2D eigenvalue weighted by atomic mass is 15.1. The van der Waals surface area contributed by atoms with E-state index in [1.165, 1.54) is 0 Å². The maximum atomic E-state index is 9.17.